The number of hydrogen-bond donors (Lipinski definition) is 4. The number of nitrogens with one attached hydrogen (secondary N) is 2. The van der Waals surface area contributed by atoms with Gasteiger partial charge in [0.15, 0.2) is 5.71 Å². The number of sulfonamides is 1. The van der Waals surface area contributed by atoms with Crippen molar-refractivity contribution < 1.29 is 78.1 Å². The molecule has 1 amide bonds. The molecule has 5 aromatic carbocycles. The summed E-state index contributed by atoms with van der Waals surface area (Å²) in [5.41, 5.74) is 3.70. The Hall–Kier alpha value is -6.05. The number of hydrogen-bond acceptors (Lipinski definition) is 16. The third kappa shape index (κ3) is 14.3. The second-order valence-corrected chi connectivity index (χ2v) is 27.0. The Morgan fingerprint density at radius 2 is 1.42 bits per heavy atom. The van der Waals surface area contributed by atoms with Crippen LogP contribution in [-0.4, -0.2) is 122 Å². The Kier molecular flexibility index (Phi) is 19.2. The molecule has 0 fully saturated rings. The van der Waals surface area contributed by atoms with Gasteiger partial charge in [0.25, 0.3) is 20.2 Å². The number of nitrogens with zero attached hydrogens (tertiary/aromatic N) is 3. The minimum Gasteiger partial charge on any atom is -0.755 e. The number of rotatable bonds is 21. The third-order valence-corrected chi connectivity index (χ3v) is 18.3. The van der Waals surface area contributed by atoms with E-state index < -0.39 is 88.6 Å². The van der Waals surface area contributed by atoms with Crippen molar-refractivity contribution in [3.05, 3.63) is 132 Å². The van der Waals surface area contributed by atoms with Crippen LogP contribution in [0, 0.1) is 0 Å². The lowest BCUT2D eigenvalue weighted by Gasteiger charge is -2.27. The molecule has 426 valence electrons. The summed E-state index contributed by atoms with van der Waals surface area (Å²) in [4.78, 5) is 13.3. The van der Waals surface area contributed by atoms with Gasteiger partial charge in [-0.25, -0.2) is 21.1 Å². The lowest BCUT2D eigenvalue weighted by atomic mass is 9.79. The lowest BCUT2D eigenvalue weighted by molar-refractivity contribution is -0.437. The van der Waals surface area contributed by atoms with E-state index in [-0.39, 0.29) is 60.5 Å². The smallest absolute Gasteiger partial charge is 0.425 e. The van der Waals surface area contributed by atoms with Crippen LogP contribution in [0.3, 0.4) is 0 Å². The van der Waals surface area contributed by atoms with Crippen LogP contribution < -0.4 is 14.9 Å². The summed E-state index contributed by atoms with van der Waals surface area (Å²) in [6, 6.07) is 20.1. The number of carbonyl (C=O) groups excluding carboxylic acids is 1. The summed E-state index contributed by atoms with van der Waals surface area (Å²) in [7, 11) is -20.1. The molecular formula is C51H58N5O17S6-. The molecule has 0 bridgehead atoms. The number of allylic oxidation sites excluding steroid dienone is 6. The predicted octanol–water partition coefficient (Wildman–Crippen LogP) is 5.92. The van der Waals surface area contributed by atoms with Crippen molar-refractivity contribution in [2.75, 3.05) is 42.1 Å². The fourth-order valence-corrected chi connectivity index (χ4v) is 13.7. The fourth-order valence-electron chi connectivity index (χ4n) is 10.1. The van der Waals surface area contributed by atoms with Crippen LogP contribution in [0.1, 0.15) is 77.0 Å². The highest BCUT2D eigenvalue weighted by atomic mass is 32.2. The molecule has 0 radical (unpaired) electrons. The molecule has 2 aliphatic heterocycles. The Labute approximate surface area is 463 Å². The maximum atomic E-state index is 14.3. The van der Waals surface area contributed by atoms with Crippen LogP contribution >= 0.6 is 0 Å². The minimum absolute atomic E-state index is 0.00335. The van der Waals surface area contributed by atoms with Crippen LogP contribution in [0.15, 0.2) is 130 Å². The topological polar surface area (TPSA) is 342 Å². The Morgan fingerprint density at radius 1 is 0.772 bits per heavy atom. The highest BCUT2D eigenvalue weighted by Gasteiger charge is 2.46. The monoisotopic (exact) mass is 1200 g/mol. The molecule has 22 nitrogen and oxygen atoms in total. The first-order valence-corrected chi connectivity index (χ1v) is 32.2. The fraction of sp³-hybridized carbons (Fsp3) is 0.333. The van der Waals surface area contributed by atoms with Crippen molar-refractivity contribution >= 4 is 112 Å². The summed E-state index contributed by atoms with van der Waals surface area (Å²) in [6.07, 6.45) is 10.1. The number of anilines is 2. The lowest BCUT2D eigenvalue weighted by Crippen LogP contribution is -2.30. The van der Waals surface area contributed by atoms with E-state index in [9.17, 15) is 60.9 Å². The summed E-state index contributed by atoms with van der Waals surface area (Å²) < 4.78 is 186. The van der Waals surface area contributed by atoms with Crippen LogP contribution in [0.2, 0.25) is 0 Å². The van der Waals surface area contributed by atoms with Gasteiger partial charge in [-0.2, -0.15) is 21.4 Å². The maximum absolute atomic E-state index is 14.3. The number of carbonyl (C=O) groups is 1. The van der Waals surface area contributed by atoms with Crippen molar-refractivity contribution in [2.45, 2.75) is 92.4 Å². The van der Waals surface area contributed by atoms with Gasteiger partial charge in [-0.05, 0) is 97.1 Å². The zero-order valence-corrected chi connectivity index (χ0v) is 48.5. The molecule has 2 heterocycles. The summed E-state index contributed by atoms with van der Waals surface area (Å²) in [5.74, 6) is -0.902. The molecule has 5 aromatic rings. The third-order valence-electron chi connectivity index (χ3n) is 13.5. The Balaban J connectivity index is 0.00000243. The first-order chi connectivity index (χ1) is 36.7. The van der Waals surface area contributed by atoms with E-state index in [1.165, 1.54) is 29.6 Å². The zero-order valence-electron chi connectivity index (χ0n) is 43.6. The van der Waals surface area contributed by atoms with Gasteiger partial charge in [-0.1, -0.05) is 69.3 Å². The molecule has 0 saturated carbocycles. The molecule has 0 aromatic heterocycles. The standard InChI is InChI=1S/C51H59N5O14S5.O3S/c1-7-27-55-42-26-24-38-40(31-36(74(65,66)67)32-44(38)75(68,69)70)49(42)51(4,5)45(55)16-9-8-10-17-46-50(2,3)48-39-14-11-15-43(37(39)23-25-41(48)56(46)29-13-30-72(60,61)62)73(63,64)54(6)28-12-18-47(57)52-33-34-19-21-35(22-20-34)53-71(58)59;1-4(2)3/h8-11,14-17,19-26,31-32,53H,7,12-13,18,27-30,33H2,1-6H3,(H4-,52,57,58,59,60,61,62,65,66,67,68,69,70);/p-1. The van der Waals surface area contributed by atoms with Gasteiger partial charge in [0, 0.05) is 108 Å². The van der Waals surface area contributed by atoms with E-state index in [1.54, 1.807) is 66.8 Å². The molecular weight excluding hydrogens is 1150 g/mol. The minimum atomic E-state index is -4.93. The van der Waals surface area contributed by atoms with Crippen molar-refractivity contribution in [1.29, 1.82) is 0 Å². The SMILES string of the molecule is CCC[N+]1=C(C=CC=CC=C2N(CCCS(=O)(=O)[O-])c3ccc4c(S(=O)(=O)N(C)CCCC(=O)NCc5ccc(NS(=O)[O-])cc5)cccc4c3C2(C)C)C(C)(C)c2c1ccc1c(S(=O)(=O)O)cc(S(=O)(=O)O)cc21.O=S(=O)=O. The largest absolute Gasteiger partial charge is 0.755 e. The molecule has 0 spiro atoms. The summed E-state index contributed by atoms with van der Waals surface area (Å²) in [5, 5.41) is 4.17. The van der Waals surface area contributed by atoms with Gasteiger partial charge in [0.1, 0.15) is 11.4 Å². The highest BCUT2D eigenvalue weighted by molar-refractivity contribution is 7.89. The van der Waals surface area contributed by atoms with E-state index in [2.05, 4.69) is 10.0 Å². The average molecular weight is 1210 g/mol. The molecule has 7 rings (SSSR count). The number of benzene rings is 5. The summed E-state index contributed by atoms with van der Waals surface area (Å²) in [6.45, 7) is 10.6. The second-order valence-electron chi connectivity index (χ2n) is 19.5. The van der Waals surface area contributed by atoms with E-state index in [1.807, 2.05) is 62.3 Å². The van der Waals surface area contributed by atoms with Crippen LogP contribution in [0.4, 0.5) is 17.1 Å². The molecule has 2 aliphatic rings. The predicted molar refractivity (Wildman–Crippen MR) is 296 cm³/mol. The van der Waals surface area contributed by atoms with Gasteiger partial charge < -0.3 is 24.0 Å². The van der Waals surface area contributed by atoms with Gasteiger partial charge in [-0.15, -0.1) is 12.6 Å². The number of amides is 1. The average Bonchev–Trinajstić information content (AvgIpc) is 3.93. The van der Waals surface area contributed by atoms with E-state index in [4.69, 9.17) is 12.6 Å². The van der Waals surface area contributed by atoms with Crippen molar-refractivity contribution in [2.24, 2.45) is 0 Å². The highest BCUT2D eigenvalue weighted by Crippen LogP contribution is 2.52. The summed E-state index contributed by atoms with van der Waals surface area (Å²) >= 11 is -2.47. The van der Waals surface area contributed by atoms with Gasteiger partial charge in [0.05, 0.1) is 25.3 Å². The molecule has 0 aliphatic carbocycles. The first-order valence-electron chi connectivity index (χ1n) is 24.2. The van der Waals surface area contributed by atoms with Gasteiger partial charge in [-0.3, -0.25) is 18.1 Å². The molecule has 28 heteroatoms. The Bertz CT molecular complexity index is 3970. The first kappa shape index (κ1) is 62.2. The van der Waals surface area contributed by atoms with E-state index in [0.717, 1.165) is 28.6 Å². The second kappa shape index (κ2) is 24.4. The zero-order chi connectivity index (χ0) is 58.6. The molecule has 0 saturated heterocycles. The van der Waals surface area contributed by atoms with Gasteiger partial charge in [0.2, 0.25) is 21.6 Å². The normalized spacial score (nSPS) is 16.2. The van der Waals surface area contributed by atoms with Crippen LogP contribution in [-0.2, 0) is 84.4 Å². The molecule has 79 heavy (non-hydrogen) atoms. The van der Waals surface area contributed by atoms with Crippen LogP contribution in [0.5, 0.6) is 0 Å². The maximum Gasteiger partial charge on any atom is 0.425 e. The quantitative estimate of drug-likeness (QED) is 0.0286. The van der Waals surface area contributed by atoms with Crippen LogP contribution in [0.25, 0.3) is 21.5 Å². The van der Waals surface area contributed by atoms with E-state index in [0.29, 0.717) is 46.4 Å². The molecule has 4 N–H and O–H groups in total. The Morgan fingerprint density at radius 3 is 2.03 bits per heavy atom. The molecule has 1 atom stereocenters. The van der Waals surface area contributed by atoms with E-state index >= 15 is 0 Å². The number of fused-ring (bicyclic) bond motifs is 6. The van der Waals surface area contributed by atoms with Crippen molar-refractivity contribution in [3.8, 4) is 0 Å². The van der Waals surface area contributed by atoms with Gasteiger partial charge >= 0.3 is 10.6 Å². The molecule has 1 unspecified atom stereocenters. The van der Waals surface area contributed by atoms with Crippen molar-refractivity contribution in [3.63, 3.8) is 0 Å². The van der Waals surface area contributed by atoms with Crippen molar-refractivity contribution in [1.82, 2.24) is 9.62 Å².